The van der Waals surface area contributed by atoms with E-state index in [-0.39, 0.29) is 11.7 Å². The first-order valence-corrected chi connectivity index (χ1v) is 6.42. The summed E-state index contributed by atoms with van der Waals surface area (Å²) in [6.45, 7) is 5.50. The van der Waals surface area contributed by atoms with Crippen LogP contribution in [0, 0.1) is 6.92 Å². The van der Waals surface area contributed by atoms with Crippen LogP contribution in [-0.2, 0) is 4.79 Å². The summed E-state index contributed by atoms with van der Waals surface area (Å²) in [6.07, 6.45) is 2.64. The summed E-state index contributed by atoms with van der Waals surface area (Å²) in [5.74, 6) is -0.157. The van der Waals surface area contributed by atoms with Gasteiger partial charge in [0, 0.05) is 12.5 Å². The van der Waals surface area contributed by atoms with Gasteiger partial charge in [-0.2, -0.15) is 0 Å². The topological polar surface area (TPSA) is 46.2 Å². The molecule has 1 amide bonds. The van der Waals surface area contributed by atoms with E-state index >= 15 is 0 Å². The predicted molar refractivity (Wildman–Crippen MR) is 72.6 cm³/mol. The Hall–Kier alpha value is -1.64. The van der Waals surface area contributed by atoms with Crippen molar-refractivity contribution in [3.63, 3.8) is 0 Å². The number of amides is 1. The van der Waals surface area contributed by atoms with Crippen LogP contribution in [0.25, 0.3) is 0 Å². The molecule has 1 unspecified atom stereocenters. The van der Waals surface area contributed by atoms with E-state index in [2.05, 4.69) is 12.2 Å². The molecule has 0 saturated carbocycles. The van der Waals surface area contributed by atoms with Crippen LogP contribution in [0.2, 0.25) is 0 Å². The Labute approximate surface area is 109 Å². The van der Waals surface area contributed by atoms with Gasteiger partial charge in [-0.15, -0.1) is 0 Å². The zero-order valence-corrected chi connectivity index (χ0v) is 11.3. The second-order valence-electron chi connectivity index (χ2n) is 4.63. The van der Waals surface area contributed by atoms with Crippen LogP contribution >= 0.6 is 0 Å². The average Bonchev–Trinajstić information content (AvgIpc) is 2.34. The Morgan fingerprint density at radius 2 is 1.83 bits per heavy atom. The van der Waals surface area contributed by atoms with Gasteiger partial charge < -0.3 is 5.32 Å². The number of hydrogen-bond donors (Lipinski definition) is 1. The Kier molecular flexibility index (Phi) is 5.56. The van der Waals surface area contributed by atoms with Crippen LogP contribution in [0.5, 0.6) is 0 Å². The van der Waals surface area contributed by atoms with Crippen molar-refractivity contribution < 1.29 is 9.59 Å². The summed E-state index contributed by atoms with van der Waals surface area (Å²) in [5, 5.41) is 2.74. The molecule has 0 spiro atoms. The summed E-state index contributed by atoms with van der Waals surface area (Å²) in [4.78, 5) is 23.4. The summed E-state index contributed by atoms with van der Waals surface area (Å²) in [5.41, 5.74) is 1.78. The molecule has 3 heteroatoms. The third-order valence-corrected chi connectivity index (χ3v) is 2.88. The monoisotopic (exact) mass is 247 g/mol. The lowest BCUT2D eigenvalue weighted by Crippen LogP contribution is -2.39. The lowest BCUT2D eigenvalue weighted by atomic mass is 9.98. The zero-order chi connectivity index (χ0) is 13.5. The van der Waals surface area contributed by atoms with E-state index in [0.29, 0.717) is 12.0 Å². The maximum absolute atomic E-state index is 12.3. The quantitative estimate of drug-likeness (QED) is 0.786. The summed E-state index contributed by atoms with van der Waals surface area (Å²) in [7, 11) is 0. The number of ketones is 1. The molecule has 1 N–H and O–H groups in total. The van der Waals surface area contributed by atoms with Crippen molar-refractivity contribution in [2.45, 2.75) is 46.1 Å². The Bertz CT molecular complexity index is 409. The number of nitrogens with one attached hydrogen (secondary N) is 1. The maximum Gasteiger partial charge on any atom is 0.217 e. The van der Waals surface area contributed by atoms with Gasteiger partial charge in [-0.1, -0.05) is 49.6 Å². The number of Topliss-reactive ketones (excluding diaryl/α,β-unsaturated/α-hetero) is 1. The van der Waals surface area contributed by atoms with Crippen molar-refractivity contribution in [1.29, 1.82) is 0 Å². The molecule has 1 aromatic rings. The molecule has 0 heterocycles. The third-order valence-electron chi connectivity index (χ3n) is 2.88. The molecule has 98 valence electrons. The van der Waals surface area contributed by atoms with Gasteiger partial charge >= 0.3 is 0 Å². The van der Waals surface area contributed by atoms with E-state index < -0.39 is 6.04 Å². The fraction of sp³-hybridized carbons (Fsp3) is 0.467. The Morgan fingerprint density at radius 1 is 1.22 bits per heavy atom. The van der Waals surface area contributed by atoms with Gasteiger partial charge in [0.1, 0.15) is 0 Å². The highest BCUT2D eigenvalue weighted by Crippen LogP contribution is 2.10. The normalized spacial score (nSPS) is 11.9. The minimum absolute atomic E-state index is 0.00125. The lowest BCUT2D eigenvalue weighted by molar-refractivity contribution is -0.119. The first-order chi connectivity index (χ1) is 8.54. The average molecular weight is 247 g/mol. The fourth-order valence-corrected chi connectivity index (χ4v) is 1.84. The molecule has 0 aliphatic rings. The van der Waals surface area contributed by atoms with Gasteiger partial charge in [-0.3, -0.25) is 9.59 Å². The molecule has 0 fully saturated rings. The third kappa shape index (κ3) is 4.32. The number of hydrogen-bond acceptors (Lipinski definition) is 2. The van der Waals surface area contributed by atoms with E-state index in [0.717, 1.165) is 18.4 Å². The smallest absolute Gasteiger partial charge is 0.217 e. The van der Waals surface area contributed by atoms with Gasteiger partial charge in [0.15, 0.2) is 5.78 Å². The number of aryl methyl sites for hydroxylation is 1. The molecule has 0 aromatic heterocycles. The van der Waals surface area contributed by atoms with Crippen LogP contribution in [0.4, 0.5) is 0 Å². The van der Waals surface area contributed by atoms with E-state index in [4.69, 9.17) is 0 Å². The highest BCUT2D eigenvalue weighted by atomic mass is 16.2. The predicted octanol–water partition coefficient (Wildman–Crippen LogP) is 2.87. The van der Waals surface area contributed by atoms with Crippen molar-refractivity contribution >= 4 is 11.7 Å². The maximum atomic E-state index is 12.3. The number of benzene rings is 1. The molecule has 0 radical (unpaired) electrons. The standard InChI is InChI=1S/C15H21NO2/c1-4-5-6-14(16-12(3)17)15(18)13-9-7-11(2)8-10-13/h7-10,14H,4-6H2,1-3H3,(H,16,17). The molecular formula is C15H21NO2. The fourth-order valence-electron chi connectivity index (χ4n) is 1.84. The second kappa shape index (κ2) is 6.94. The molecule has 1 atom stereocenters. The molecular weight excluding hydrogens is 226 g/mol. The lowest BCUT2D eigenvalue weighted by Gasteiger charge is -2.16. The van der Waals surface area contributed by atoms with E-state index in [9.17, 15) is 9.59 Å². The van der Waals surface area contributed by atoms with Crippen LogP contribution < -0.4 is 5.32 Å². The number of carbonyl (C=O) groups is 2. The minimum atomic E-state index is -0.398. The Balaban J connectivity index is 2.80. The van der Waals surface area contributed by atoms with Gasteiger partial charge in [-0.25, -0.2) is 0 Å². The molecule has 0 aliphatic heterocycles. The van der Waals surface area contributed by atoms with Crippen molar-refractivity contribution in [1.82, 2.24) is 5.32 Å². The molecule has 0 bridgehead atoms. The Morgan fingerprint density at radius 3 is 2.33 bits per heavy atom. The highest BCUT2D eigenvalue weighted by Gasteiger charge is 2.20. The summed E-state index contributed by atoms with van der Waals surface area (Å²) < 4.78 is 0. The zero-order valence-electron chi connectivity index (χ0n) is 11.3. The first kappa shape index (κ1) is 14.4. The van der Waals surface area contributed by atoms with Gasteiger partial charge in [0.2, 0.25) is 5.91 Å². The minimum Gasteiger partial charge on any atom is -0.346 e. The van der Waals surface area contributed by atoms with Crippen LogP contribution in [0.3, 0.4) is 0 Å². The highest BCUT2D eigenvalue weighted by molar-refractivity contribution is 6.01. The van der Waals surface area contributed by atoms with Crippen molar-refractivity contribution in [3.05, 3.63) is 35.4 Å². The SMILES string of the molecule is CCCCC(NC(C)=O)C(=O)c1ccc(C)cc1. The molecule has 1 rings (SSSR count). The molecule has 1 aromatic carbocycles. The molecule has 3 nitrogen and oxygen atoms in total. The largest absolute Gasteiger partial charge is 0.346 e. The van der Waals surface area contributed by atoms with Crippen LogP contribution in [0.1, 0.15) is 49.0 Å². The second-order valence-corrected chi connectivity index (χ2v) is 4.63. The van der Waals surface area contributed by atoms with Crippen molar-refractivity contribution in [2.75, 3.05) is 0 Å². The van der Waals surface area contributed by atoms with Crippen molar-refractivity contribution in [2.24, 2.45) is 0 Å². The van der Waals surface area contributed by atoms with Crippen LogP contribution in [0.15, 0.2) is 24.3 Å². The molecule has 18 heavy (non-hydrogen) atoms. The van der Waals surface area contributed by atoms with Gasteiger partial charge in [0.25, 0.3) is 0 Å². The van der Waals surface area contributed by atoms with Crippen molar-refractivity contribution in [3.8, 4) is 0 Å². The summed E-state index contributed by atoms with van der Waals surface area (Å²) in [6, 6.07) is 7.07. The molecule has 0 aliphatic carbocycles. The number of carbonyl (C=O) groups excluding carboxylic acids is 2. The van der Waals surface area contributed by atoms with E-state index in [1.165, 1.54) is 6.92 Å². The summed E-state index contributed by atoms with van der Waals surface area (Å²) >= 11 is 0. The van der Waals surface area contributed by atoms with Gasteiger partial charge in [0.05, 0.1) is 6.04 Å². The molecule has 0 saturated heterocycles. The van der Waals surface area contributed by atoms with E-state index in [1.54, 1.807) is 0 Å². The number of rotatable bonds is 6. The first-order valence-electron chi connectivity index (χ1n) is 6.42. The van der Waals surface area contributed by atoms with Gasteiger partial charge in [-0.05, 0) is 13.3 Å². The van der Waals surface area contributed by atoms with E-state index in [1.807, 2.05) is 31.2 Å². The van der Waals surface area contributed by atoms with Crippen LogP contribution in [-0.4, -0.2) is 17.7 Å². The number of unbranched alkanes of at least 4 members (excludes halogenated alkanes) is 1.